The standard InChI is InChI=1S/C17H21Cl2N5O.ClH/c1-11-16(21-22-24(11)15-3-5-20-6-4-15)17(25)23(2)10-12-7-13(18)9-14(19)8-12;/h7-9,15,20H,3-6,10H2,1-2H3;1H. The highest BCUT2D eigenvalue weighted by atomic mass is 35.5. The number of carbonyl (C=O) groups excluding carboxylic acids is 1. The summed E-state index contributed by atoms with van der Waals surface area (Å²) in [5.41, 5.74) is 2.08. The summed E-state index contributed by atoms with van der Waals surface area (Å²) in [6.45, 7) is 4.23. The van der Waals surface area contributed by atoms with Crippen LogP contribution in [0.3, 0.4) is 0 Å². The Balaban J connectivity index is 0.00000243. The Morgan fingerprint density at radius 2 is 1.88 bits per heavy atom. The monoisotopic (exact) mass is 417 g/mol. The van der Waals surface area contributed by atoms with Gasteiger partial charge in [-0.25, -0.2) is 4.68 Å². The van der Waals surface area contributed by atoms with Crippen LogP contribution in [-0.2, 0) is 6.54 Å². The number of aromatic nitrogens is 3. The zero-order valence-electron chi connectivity index (χ0n) is 14.7. The van der Waals surface area contributed by atoms with Gasteiger partial charge in [0.15, 0.2) is 5.69 Å². The van der Waals surface area contributed by atoms with Crippen molar-refractivity contribution in [2.75, 3.05) is 20.1 Å². The lowest BCUT2D eigenvalue weighted by Crippen LogP contribution is -2.30. The maximum atomic E-state index is 12.8. The van der Waals surface area contributed by atoms with Crippen LogP contribution in [-0.4, -0.2) is 45.9 Å². The summed E-state index contributed by atoms with van der Waals surface area (Å²) < 4.78 is 1.89. The molecule has 26 heavy (non-hydrogen) atoms. The molecule has 1 fully saturated rings. The van der Waals surface area contributed by atoms with Crippen molar-refractivity contribution < 1.29 is 4.79 Å². The Hall–Kier alpha value is -1.34. The van der Waals surface area contributed by atoms with Crippen LogP contribution >= 0.6 is 35.6 Å². The van der Waals surface area contributed by atoms with E-state index in [4.69, 9.17) is 23.2 Å². The summed E-state index contributed by atoms with van der Waals surface area (Å²) in [7, 11) is 1.74. The van der Waals surface area contributed by atoms with Gasteiger partial charge in [-0.2, -0.15) is 0 Å². The lowest BCUT2D eigenvalue weighted by atomic mass is 10.1. The lowest BCUT2D eigenvalue weighted by molar-refractivity contribution is 0.0778. The minimum Gasteiger partial charge on any atom is -0.336 e. The molecule has 1 aliphatic rings. The van der Waals surface area contributed by atoms with Gasteiger partial charge in [0, 0.05) is 23.6 Å². The van der Waals surface area contributed by atoms with Crippen molar-refractivity contribution in [1.82, 2.24) is 25.2 Å². The molecule has 0 spiro atoms. The van der Waals surface area contributed by atoms with Gasteiger partial charge in [0.2, 0.25) is 0 Å². The van der Waals surface area contributed by atoms with Gasteiger partial charge in [0.05, 0.1) is 11.7 Å². The Morgan fingerprint density at radius 3 is 2.50 bits per heavy atom. The highest BCUT2D eigenvalue weighted by Crippen LogP contribution is 2.22. The van der Waals surface area contributed by atoms with Crippen molar-refractivity contribution in [2.45, 2.75) is 32.4 Å². The summed E-state index contributed by atoms with van der Waals surface area (Å²) in [5.74, 6) is -0.159. The smallest absolute Gasteiger partial charge is 0.276 e. The highest BCUT2D eigenvalue weighted by molar-refractivity contribution is 6.34. The van der Waals surface area contributed by atoms with Crippen LogP contribution < -0.4 is 5.32 Å². The molecule has 2 heterocycles. The molecular formula is C17H22Cl3N5O. The number of hydrogen-bond donors (Lipinski definition) is 1. The maximum absolute atomic E-state index is 12.8. The van der Waals surface area contributed by atoms with Crippen molar-refractivity contribution in [3.8, 4) is 0 Å². The number of halogens is 3. The predicted octanol–water partition coefficient (Wildman–Crippen LogP) is 3.51. The zero-order valence-corrected chi connectivity index (χ0v) is 17.0. The molecule has 0 radical (unpaired) electrons. The van der Waals surface area contributed by atoms with Gasteiger partial charge < -0.3 is 10.2 Å². The molecule has 1 N–H and O–H groups in total. The first kappa shape index (κ1) is 21.0. The number of nitrogens with one attached hydrogen (secondary N) is 1. The van der Waals surface area contributed by atoms with Crippen LogP contribution in [0.5, 0.6) is 0 Å². The molecule has 6 nitrogen and oxygen atoms in total. The van der Waals surface area contributed by atoms with Crippen molar-refractivity contribution in [3.05, 3.63) is 45.2 Å². The fourth-order valence-corrected chi connectivity index (χ4v) is 3.74. The van der Waals surface area contributed by atoms with Gasteiger partial charge in [-0.3, -0.25) is 4.79 Å². The van der Waals surface area contributed by atoms with Crippen LogP contribution in [0.1, 0.15) is 40.6 Å². The van der Waals surface area contributed by atoms with Crippen LogP contribution in [0.4, 0.5) is 0 Å². The molecule has 0 saturated carbocycles. The lowest BCUT2D eigenvalue weighted by Gasteiger charge is -2.23. The molecule has 1 aliphatic heterocycles. The van der Waals surface area contributed by atoms with E-state index in [2.05, 4.69) is 15.6 Å². The average Bonchev–Trinajstić information content (AvgIpc) is 2.95. The van der Waals surface area contributed by atoms with Crippen LogP contribution in [0.2, 0.25) is 10.0 Å². The Bertz CT molecular complexity index is 754. The molecule has 3 rings (SSSR count). The molecular weight excluding hydrogens is 397 g/mol. The molecule has 9 heteroatoms. The second-order valence-corrected chi connectivity index (χ2v) is 7.26. The van der Waals surface area contributed by atoms with E-state index in [-0.39, 0.29) is 18.3 Å². The topological polar surface area (TPSA) is 63.1 Å². The number of hydrogen-bond acceptors (Lipinski definition) is 4. The van der Waals surface area contributed by atoms with E-state index in [0.717, 1.165) is 37.2 Å². The minimum atomic E-state index is -0.159. The third kappa shape index (κ3) is 4.68. The predicted molar refractivity (Wildman–Crippen MR) is 105 cm³/mol. The van der Waals surface area contributed by atoms with Crippen molar-refractivity contribution in [3.63, 3.8) is 0 Å². The number of benzene rings is 1. The van der Waals surface area contributed by atoms with Crippen LogP contribution in [0.15, 0.2) is 18.2 Å². The van der Waals surface area contributed by atoms with E-state index in [1.807, 2.05) is 11.6 Å². The SMILES string of the molecule is Cc1c(C(=O)N(C)Cc2cc(Cl)cc(Cl)c2)nnn1C1CCNCC1.Cl. The van der Waals surface area contributed by atoms with E-state index >= 15 is 0 Å². The number of rotatable bonds is 4. The molecule has 0 aliphatic carbocycles. The van der Waals surface area contributed by atoms with Gasteiger partial charge in [0.25, 0.3) is 5.91 Å². The van der Waals surface area contributed by atoms with E-state index in [1.165, 1.54) is 0 Å². The van der Waals surface area contributed by atoms with Crippen molar-refractivity contribution >= 4 is 41.5 Å². The molecule has 0 unspecified atom stereocenters. The van der Waals surface area contributed by atoms with Gasteiger partial charge >= 0.3 is 0 Å². The van der Waals surface area contributed by atoms with Crippen molar-refractivity contribution in [2.24, 2.45) is 0 Å². The summed E-state index contributed by atoms with van der Waals surface area (Å²) in [6.07, 6.45) is 1.99. The summed E-state index contributed by atoms with van der Waals surface area (Å²) >= 11 is 12.1. The number of amides is 1. The third-order valence-corrected chi connectivity index (χ3v) is 4.91. The fourth-order valence-electron chi connectivity index (χ4n) is 3.17. The van der Waals surface area contributed by atoms with E-state index < -0.39 is 0 Å². The Morgan fingerprint density at radius 1 is 1.27 bits per heavy atom. The number of nitrogens with zero attached hydrogens (tertiary/aromatic N) is 4. The van der Waals surface area contributed by atoms with Crippen molar-refractivity contribution in [1.29, 1.82) is 0 Å². The quantitative estimate of drug-likeness (QED) is 0.825. The fraction of sp³-hybridized carbons (Fsp3) is 0.471. The van der Waals surface area contributed by atoms with E-state index in [0.29, 0.717) is 28.3 Å². The van der Waals surface area contributed by atoms with Crippen LogP contribution in [0, 0.1) is 6.92 Å². The van der Waals surface area contributed by atoms with Gasteiger partial charge in [-0.1, -0.05) is 28.4 Å². The molecule has 0 bridgehead atoms. The molecule has 1 aromatic heterocycles. The van der Waals surface area contributed by atoms with E-state index in [1.54, 1.807) is 30.1 Å². The summed E-state index contributed by atoms with van der Waals surface area (Å²) in [6, 6.07) is 5.57. The minimum absolute atomic E-state index is 0. The highest BCUT2D eigenvalue weighted by Gasteiger charge is 2.24. The number of piperidine rings is 1. The summed E-state index contributed by atoms with van der Waals surface area (Å²) in [4.78, 5) is 14.4. The third-order valence-electron chi connectivity index (χ3n) is 4.47. The normalized spacial score (nSPS) is 14.8. The van der Waals surface area contributed by atoms with Gasteiger partial charge in [0.1, 0.15) is 0 Å². The van der Waals surface area contributed by atoms with E-state index in [9.17, 15) is 4.79 Å². The van der Waals surface area contributed by atoms with Gasteiger partial charge in [-0.15, -0.1) is 17.5 Å². The first-order chi connectivity index (χ1) is 12.0. The molecule has 2 aromatic rings. The largest absolute Gasteiger partial charge is 0.336 e. The zero-order chi connectivity index (χ0) is 18.0. The Labute approximate surface area is 169 Å². The molecule has 1 saturated heterocycles. The summed E-state index contributed by atoms with van der Waals surface area (Å²) in [5, 5.41) is 12.8. The second-order valence-electron chi connectivity index (χ2n) is 6.39. The Kier molecular flexibility index (Phi) is 7.29. The van der Waals surface area contributed by atoms with Gasteiger partial charge in [-0.05, 0) is 56.6 Å². The second kappa shape index (κ2) is 9.04. The molecule has 1 aromatic carbocycles. The van der Waals surface area contributed by atoms with Crippen LogP contribution in [0.25, 0.3) is 0 Å². The molecule has 142 valence electrons. The molecule has 1 amide bonds. The first-order valence-electron chi connectivity index (χ1n) is 8.28. The maximum Gasteiger partial charge on any atom is 0.276 e. The average molecular weight is 419 g/mol. The first-order valence-corrected chi connectivity index (χ1v) is 9.04. The number of carbonyl (C=O) groups is 1. The molecule has 0 atom stereocenters.